The third-order valence-electron chi connectivity index (χ3n) is 3.55. The van der Waals surface area contributed by atoms with Crippen LogP contribution in [0.1, 0.15) is 32.6 Å². The third kappa shape index (κ3) is 2.74. The lowest BCUT2D eigenvalue weighted by Crippen LogP contribution is -2.45. The van der Waals surface area contributed by atoms with Crippen molar-refractivity contribution in [1.82, 2.24) is 14.4 Å². The molecule has 3 aromatic rings. The Bertz CT molecular complexity index is 872. The lowest BCUT2D eigenvalue weighted by atomic mass is 10.1. The van der Waals surface area contributed by atoms with Gasteiger partial charge in [-0.15, -0.1) is 11.3 Å². The van der Waals surface area contributed by atoms with Crippen molar-refractivity contribution in [3.05, 3.63) is 35.5 Å². The Morgan fingerprint density at radius 3 is 2.61 bits per heavy atom. The number of amides is 1. The summed E-state index contributed by atoms with van der Waals surface area (Å²) in [5.74, 6) is 1.35. The number of rotatable bonds is 2. The predicted octanol–water partition coefficient (Wildman–Crippen LogP) is 3.92. The number of carbonyl (C=O) groups excluding carboxylic acids is 1. The largest absolute Gasteiger partial charge is 0.291 e. The van der Waals surface area contributed by atoms with E-state index >= 15 is 0 Å². The SMILES string of the molecule is CC(=O)N(c1c(-c2ccc(C)s2)nc2ncccn12)C(C)(C)C. The lowest BCUT2D eigenvalue weighted by Gasteiger charge is -2.34. The van der Waals surface area contributed by atoms with Crippen molar-refractivity contribution in [3.63, 3.8) is 0 Å². The van der Waals surface area contributed by atoms with Gasteiger partial charge in [0.05, 0.1) is 4.88 Å². The molecule has 5 nitrogen and oxygen atoms in total. The van der Waals surface area contributed by atoms with Crippen LogP contribution in [0.15, 0.2) is 30.6 Å². The maximum atomic E-state index is 12.4. The molecule has 0 fully saturated rings. The van der Waals surface area contributed by atoms with Gasteiger partial charge in [0, 0.05) is 29.7 Å². The number of carbonyl (C=O) groups is 1. The molecule has 0 N–H and O–H groups in total. The highest BCUT2D eigenvalue weighted by Gasteiger charge is 2.32. The maximum Gasteiger partial charge on any atom is 0.236 e. The third-order valence-corrected chi connectivity index (χ3v) is 4.56. The highest BCUT2D eigenvalue weighted by Crippen LogP contribution is 2.37. The highest BCUT2D eigenvalue weighted by molar-refractivity contribution is 7.15. The van der Waals surface area contributed by atoms with Crippen LogP contribution in [0.3, 0.4) is 0 Å². The molecule has 3 heterocycles. The van der Waals surface area contributed by atoms with E-state index in [2.05, 4.69) is 23.0 Å². The maximum absolute atomic E-state index is 12.4. The van der Waals surface area contributed by atoms with E-state index < -0.39 is 0 Å². The fourth-order valence-corrected chi connectivity index (χ4v) is 3.61. The second kappa shape index (κ2) is 5.45. The minimum Gasteiger partial charge on any atom is -0.291 e. The molecule has 23 heavy (non-hydrogen) atoms. The zero-order valence-corrected chi connectivity index (χ0v) is 14.8. The molecule has 0 atom stereocenters. The van der Waals surface area contributed by atoms with Crippen molar-refractivity contribution in [2.24, 2.45) is 0 Å². The summed E-state index contributed by atoms with van der Waals surface area (Å²) in [4.78, 5) is 25.4. The lowest BCUT2D eigenvalue weighted by molar-refractivity contribution is -0.117. The molecule has 6 heteroatoms. The van der Waals surface area contributed by atoms with Crippen LogP contribution < -0.4 is 4.90 Å². The molecular weight excluding hydrogens is 308 g/mol. The molecule has 0 aromatic carbocycles. The molecule has 0 spiro atoms. The standard InChI is InChI=1S/C17H20N4OS/c1-11-7-8-13(23-11)14-15(21(12(2)22)17(3,4)5)20-10-6-9-18-16(20)19-14/h6-10H,1-5H3. The molecule has 3 rings (SSSR count). The van der Waals surface area contributed by atoms with E-state index in [1.165, 1.54) is 4.88 Å². The smallest absolute Gasteiger partial charge is 0.236 e. The van der Waals surface area contributed by atoms with Crippen molar-refractivity contribution >= 4 is 28.8 Å². The van der Waals surface area contributed by atoms with Crippen LogP contribution in [-0.2, 0) is 4.79 Å². The Morgan fingerprint density at radius 2 is 2.04 bits per heavy atom. The number of nitrogens with zero attached hydrogens (tertiary/aromatic N) is 4. The minimum absolute atomic E-state index is 0.0160. The van der Waals surface area contributed by atoms with Crippen molar-refractivity contribution in [1.29, 1.82) is 0 Å². The molecule has 0 unspecified atom stereocenters. The fraction of sp³-hybridized carbons (Fsp3) is 0.353. The summed E-state index contributed by atoms with van der Waals surface area (Å²) in [7, 11) is 0. The summed E-state index contributed by atoms with van der Waals surface area (Å²) >= 11 is 1.67. The van der Waals surface area contributed by atoms with E-state index in [1.54, 1.807) is 29.4 Å². The quantitative estimate of drug-likeness (QED) is 0.716. The Morgan fingerprint density at radius 1 is 1.30 bits per heavy atom. The average Bonchev–Trinajstić information content (AvgIpc) is 3.02. The molecule has 0 aliphatic heterocycles. The Labute approximate surface area is 139 Å². The van der Waals surface area contributed by atoms with E-state index in [0.717, 1.165) is 16.4 Å². The normalized spacial score (nSPS) is 11.9. The van der Waals surface area contributed by atoms with Gasteiger partial charge in [0.2, 0.25) is 11.7 Å². The van der Waals surface area contributed by atoms with Gasteiger partial charge in [-0.25, -0.2) is 9.97 Å². The number of aryl methyl sites for hydroxylation is 1. The second-order valence-corrected chi connectivity index (χ2v) is 7.80. The molecule has 3 aromatic heterocycles. The molecule has 0 saturated heterocycles. The van der Waals surface area contributed by atoms with Gasteiger partial charge in [-0.2, -0.15) is 0 Å². The van der Waals surface area contributed by atoms with Crippen molar-refractivity contribution < 1.29 is 4.79 Å². The zero-order valence-electron chi connectivity index (χ0n) is 14.0. The van der Waals surface area contributed by atoms with E-state index in [-0.39, 0.29) is 11.4 Å². The van der Waals surface area contributed by atoms with E-state index in [1.807, 2.05) is 43.5 Å². The fourth-order valence-electron chi connectivity index (χ4n) is 2.76. The number of anilines is 1. The summed E-state index contributed by atoms with van der Waals surface area (Å²) in [6.45, 7) is 9.72. The molecule has 0 radical (unpaired) electrons. The predicted molar refractivity (Wildman–Crippen MR) is 94.0 cm³/mol. The first-order valence-corrected chi connectivity index (χ1v) is 8.31. The number of thiophene rings is 1. The highest BCUT2D eigenvalue weighted by atomic mass is 32.1. The molecular formula is C17H20N4OS. The first kappa shape index (κ1) is 15.7. The van der Waals surface area contributed by atoms with Gasteiger partial charge in [0.1, 0.15) is 5.69 Å². The number of aromatic nitrogens is 3. The Kier molecular flexibility index (Phi) is 3.72. The molecule has 0 aliphatic rings. The Hall–Kier alpha value is -2.21. The first-order valence-electron chi connectivity index (χ1n) is 7.49. The van der Waals surface area contributed by atoms with Crippen LogP contribution >= 0.6 is 11.3 Å². The molecule has 0 aliphatic carbocycles. The molecule has 0 bridgehead atoms. The van der Waals surface area contributed by atoms with E-state index in [9.17, 15) is 4.79 Å². The van der Waals surface area contributed by atoms with Gasteiger partial charge in [-0.1, -0.05) is 0 Å². The number of hydrogen-bond donors (Lipinski definition) is 0. The molecule has 1 amide bonds. The second-order valence-electron chi connectivity index (χ2n) is 6.51. The summed E-state index contributed by atoms with van der Waals surface area (Å²) in [6.07, 6.45) is 3.61. The summed E-state index contributed by atoms with van der Waals surface area (Å²) in [5.41, 5.74) is 0.436. The summed E-state index contributed by atoms with van der Waals surface area (Å²) < 4.78 is 1.89. The number of fused-ring (bicyclic) bond motifs is 1. The number of imidazole rings is 1. The van der Waals surface area contributed by atoms with Crippen molar-refractivity contribution in [2.45, 2.75) is 40.2 Å². The van der Waals surface area contributed by atoms with Crippen LogP contribution in [0.25, 0.3) is 16.3 Å². The zero-order chi connectivity index (χ0) is 16.8. The summed E-state index contributed by atoms with van der Waals surface area (Å²) in [6, 6.07) is 5.96. The monoisotopic (exact) mass is 328 g/mol. The van der Waals surface area contributed by atoms with Crippen molar-refractivity contribution in [3.8, 4) is 10.6 Å². The Balaban J connectivity index is 2.35. The van der Waals surface area contributed by atoms with E-state index in [4.69, 9.17) is 0 Å². The minimum atomic E-state index is -0.362. The average molecular weight is 328 g/mol. The molecule has 120 valence electrons. The summed E-state index contributed by atoms with van der Waals surface area (Å²) in [5, 5.41) is 0. The number of hydrogen-bond acceptors (Lipinski definition) is 4. The van der Waals surface area contributed by atoms with E-state index in [0.29, 0.717) is 5.78 Å². The molecule has 0 saturated carbocycles. The van der Waals surface area contributed by atoms with Gasteiger partial charge in [-0.3, -0.25) is 14.1 Å². The van der Waals surface area contributed by atoms with Crippen LogP contribution in [0.4, 0.5) is 5.82 Å². The topological polar surface area (TPSA) is 50.5 Å². The van der Waals surface area contributed by atoms with Gasteiger partial charge in [-0.05, 0) is 45.9 Å². The van der Waals surface area contributed by atoms with Gasteiger partial charge in [0.25, 0.3) is 0 Å². The van der Waals surface area contributed by atoms with Crippen LogP contribution in [0, 0.1) is 6.92 Å². The van der Waals surface area contributed by atoms with Gasteiger partial charge >= 0.3 is 0 Å². The van der Waals surface area contributed by atoms with Crippen LogP contribution in [0.2, 0.25) is 0 Å². The first-order chi connectivity index (χ1) is 10.8. The van der Waals surface area contributed by atoms with Gasteiger partial charge in [0.15, 0.2) is 5.82 Å². The van der Waals surface area contributed by atoms with Crippen LogP contribution in [0.5, 0.6) is 0 Å². The van der Waals surface area contributed by atoms with Gasteiger partial charge < -0.3 is 0 Å². The van der Waals surface area contributed by atoms with Crippen molar-refractivity contribution in [2.75, 3.05) is 4.90 Å². The van der Waals surface area contributed by atoms with Crippen LogP contribution in [-0.4, -0.2) is 25.8 Å².